The maximum atomic E-state index is 12.1. The molecule has 0 unspecified atom stereocenters. The molecule has 0 aliphatic heterocycles. The van der Waals surface area contributed by atoms with Crippen LogP contribution in [0.3, 0.4) is 0 Å². The number of amides is 1. The number of rotatable bonds is 8. The third-order valence-corrected chi connectivity index (χ3v) is 5.62. The summed E-state index contributed by atoms with van der Waals surface area (Å²) in [5.74, 6) is 1.38. The van der Waals surface area contributed by atoms with Crippen molar-refractivity contribution in [1.82, 2.24) is 10.3 Å². The first-order valence-electron chi connectivity index (χ1n) is 9.94. The molecule has 1 aromatic heterocycles. The van der Waals surface area contributed by atoms with Gasteiger partial charge in [-0.05, 0) is 47.4 Å². The zero-order chi connectivity index (χ0) is 21.6. The third kappa shape index (κ3) is 6.07. The lowest BCUT2D eigenvalue weighted by molar-refractivity contribution is -0.123. The van der Waals surface area contributed by atoms with Crippen LogP contribution in [0.2, 0.25) is 0 Å². The van der Waals surface area contributed by atoms with Crippen molar-refractivity contribution in [3.63, 3.8) is 0 Å². The molecule has 0 atom stereocenters. The van der Waals surface area contributed by atoms with E-state index in [2.05, 4.69) is 31.1 Å². The van der Waals surface area contributed by atoms with Crippen molar-refractivity contribution < 1.29 is 14.3 Å². The highest BCUT2D eigenvalue weighted by atomic mass is 32.1. The normalized spacial score (nSPS) is 11.2. The fourth-order valence-electron chi connectivity index (χ4n) is 2.87. The Kier molecular flexibility index (Phi) is 7.11. The first kappa shape index (κ1) is 21.8. The molecule has 2 aromatic carbocycles. The lowest BCUT2D eigenvalue weighted by Gasteiger charge is -2.19. The molecule has 30 heavy (non-hydrogen) atoms. The maximum Gasteiger partial charge on any atom is 0.257 e. The van der Waals surface area contributed by atoms with E-state index < -0.39 is 0 Å². The Morgan fingerprint density at radius 1 is 1.03 bits per heavy atom. The Bertz CT molecular complexity index is 957. The Morgan fingerprint density at radius 3 is 2.33 bits per heavy atom. The van der Waals surface area contributed by atoms with Gasteiger partial charge in [-0.1, -0.05) is 32.9 Å². The van der Waals surface area contributed by atoms with E-state index in [-0.39, 0.29) is 17.9 Å². The summed E-state index contributed by atoms with van der Waals surface area (Å²) in [4.78, 5) is 16.7. The van der Waals surface area contributed by atoms with Crippen molar-refractivity contribution >= 4 is 17.2 Å². The molecule has 0 aliphatic carbocycles. The second kappa shape index (κ2) is 9.76. The number of ether oxygens (including phenoxy) is 2. The molecule has 0 radical (unpaired) electrons. The molecule has 158 valence electrons. The molecule has 1 amide bonds. The fourth-order valence-corrected chi connectivity index (χ4v) is 3.73. The van der Waals surface area contributed by atoms with Crippen molar-refractivity contribution in [1.29, 1.82) is 0 Å². The van der Waals surface area contributed by atoms with Crippen LogP contribution < -0.4 is 14.8 Å². The Hall–Kier alpha value is -2.86. The van der Waals surface area contributed by atoms with Gasteiger partial charge in [-0.25, -0.2) is 4.98 Å². The van der Waals surface area contributed by atoms with E-state index in [0.29, 0.717) is 18.7 Å². The van der Waals surface area contributed by atoms with Crippen molar-refractivity contribution in [3.8, 4) is 22.1 Å². The van der Waals surface area contributed by atoms with E-state index in [1.54, 1.807) is 18.4 Å². The molecule has 0 saturated heterocycles. The summed E-state index contributed by atoms with van der Waals surface area (Å²) < 4.78 is 10.8. The number of thiazole rings is 1. The second-order valence-electron chi connectivity index (χ2n) is 8.04. The summed E-state index contributed by atoms with van der Waals surface area (Å²) >= 11 is 1.60. The van der Waals surface area contributed by atoms with Crippen LogP contribution in [-0.4, -0.2) is 31.2 Å². The standard InChI is InChI=1S/C24H28N2O3S/c1-24(2,3)18-7-11-21(12-8-18)29-15-22(27)25-14-13-19-16-30-23(26-19)17-5-9-20(28-4)10-6-17/h5-12,16H,13-15H2,1-4H3,(H,25,27). The van der Waals surface area contributed by atoms with Gasteiger partial charge in [0.15, 0.2) is 6.61 Å². The molecule has 3 rings (SSSR count). The van der Waals surface area contributed by atoms with Gasteiger partial charge in [0, 0.05) is 23.9 Å². The summed E-state index contributed by atoms with van der Waals surface area (Å²) in [6.45, 7) is 7.02. The average molecular weight is 425 g/mol. The predicted octanol–water partition coefficient (Wildman–Crippen LogP) is 4.85. The number of nitrogens with one attached hydrogen (secondary N) is 1. The highest BCUT2D eigenvalue weighted by molar-refractivity contribution is 7.13. The lowest BCUT2D eigenvalue weighted by atomic mass is 9.87. The van der Waals surface area contributed by atoms with Crippen LogP contribution in [0.25, 0.3) is 10.6 Å². The first-order valence-corrected chi connectivity index (χ1v) is 10.8. The SMILES string of the molecule is COc1ccc(-c2nc(CCNC(=O)COc3ccc(C(C)(C)C)cc3)cs2)cc1. The van der Waals surface area contributed by atoms with Gasteiger partial charge in [-0.3, -0.25) is 4.79 Å². The van der Waals surface area contributed by atoms with Crippen LogP contribution in [0.15, 0.2) is 53.9 Å². The first-order chi connectivity index (χ1) is 14.3. The largest absolute Gasteiger partial charge is 0.497 e. The molecule has 0 bridgehead atoms. The highest BCUT2D eigenvalue weighted by Gasteiger charge is 2.13. The Labute approximate surface area is 182 Å². The van der Waals surface area contributed by atoms with Gasteiger partial charge in [0.1, 0.15) is 16.5 Å². The number of benzene rings is 2. The summed E-state index contributed by atoms with van der Waals surface area (Å²) in [5.41, 5.74) is 3.35. The summed E-state index contributed by atoms with van der Waals surface area (Å²) in [6.07, 6.45) is 0.679. The van der Waals surface area contributed by atoms with Crippen LogP contribution in [0, 0.1) is 0 Å². The van der Waals surface area contributed by atoms with E-state index in [1.807, 2.05) is 53.9 Å². The highest BCUT2D eigenvalue weighted by Crippen LogP contribution is 2.26. The third-order valence-electron chi connectivity index (χ3n) is 4.68. The van der Waals surface area contributed by atoms with Gasteiger partial charge in [-0.15, -0.1) is 11.3 Å². The minimum atomic E-state index is -0.138. The zero-order valence-electron chi connectivity index (χ0n) is 17.9. The summed E-state index contributed by atoms with van der Waals surface area (Å²) in [7, 11) is 1.65. The van der Waals surface area contributed by atoms with Crippen molar-refractivity contribution in [3.05, 3.63) is 65.2 Å². The van der Waals surface area contributed by atoms with Crippen molar-refractivity contribution in [2.45, 2.75) is 32.6 Å². The number of aromatic nitrogens is 1. The minimum absolute atomic E-state index is 0.00300. The maximum absolute atomic E-state index is 12.1. The molecule has 1 heterocycles. The van der Waals surface area contributed by atoms with Crippen LogP contribution in [0.4, 0.5) is 0 Å². The average Bonchev–Trinajstić information content (AvgIpc) is 3.21. The Balaban J connectivity index is 1.42. The Morgan fingerprint density at radius 2 is 1.70 bits per heavy atom. The van der Waals surface area contributed by atoms with Crippen LogP contribution >= 0.6 is 11.3 Å². The monoisotopic (exact) mass is 424 g/mol. The summed E-state index contributed by atoms with van der Waals surface area (Å²) in [5, 5.41) is 5.87. The summed E-state index contributed by atoms with van der Waals surface area (Å²) in [6, 6.07) is 15.7. The molecule has 0 aliphatic rings. The zero-order valence-corrected chi connectivity index (χ0v) is 18.7. The van der Waals surface area contributed by atoms with Crippen molar-refractivity contribution in [2.75, 3.05) is 20.3 Å². The van der Waals surface area contributed by atoms with Gasteiger partial charge >= 0.3 is 0 Å². The van der Waals surface area contributed by atoms with E-state index in [4.69, 9.17) is 9.47 Å². The molecule has 0 fully saturated rings. The van der Waals surface area contributed by atoms with Gasteiger partial charge in [0.2, 0.25) is 0 Å². The molecular weight excluding hydrogens is 396 g/mol. The van der Waals surface area contributed by atoms with Gasteiger partial charge < -0.3 is 14.8 Å². The van der Waals surface area contributed by atoms with Gasteiger partial charge in [0.05, 0.1) is 12.8 Å². The number of carbonyl (C=O) groups is 1. The molecule has 0 saturated carbocycles. The van der Waals surface area contributed by atoms with E-state index in [1.165, 1.54) is 5.56 Å². The smallest absolute Gasteiger partial charge is 0.257 e. The topological polar surface area (TPSA) is 60.5 Å². The number of hydrogen-bond donors (Lipinski definition) is 1. The lowest BCUT2D eigenvalue weighted by Crippen LogP contribution is -2.30. The quantitative estimate of drug-likeness (QED) is 0.561. The molecule has 1 N–H and O–H groups in total. The molecule has 3 aromatic rings. The van der Waals surface area contributed by atoms with E-state index in [9.17, 15) is 4.79 Å². The van der Waals surface area contributed by atoms with Gasteiger partial charge in [0.25, 0.3) is 5.91 Å². The van der Waals surface area contributed by atoms with Crippen LogP contribution in [-0.2, 0) is 16.6 Å². The van der Waals surface area contributed by atoms with E-state index in [0.717, 1.165) is 22.0 Å². The number of carbonyl (C=O) groups excluding carboxylic acids is 1. The van der Waals surface area contributed by atoms with Gasteiger partial charge in [-0.2, -0.15) is 0 Å². The molecular formula is C24H28N2O3S. The number of nitrogens with zero attached hydrogens (tertiary/aromatic N) is 1. The molecule has 6 heteroatoms. The van der Waals surface area contributed by atoms with Crippen LogP contribution in [0.5, 0.6) is 11.5 Å². The van der Waals surface area contributed by atoms with Crippen molar-refractivity contribution in [2.24, 2.45) is 0 Å². The number of hydrogen-bond acceptors (Lipinski definition) is 5. The minimum Gasteiger partial charge on any atom is -0.497 e. The molecule has 5 nitrogen and oxygen atoms in total. The number of methoxy groups -OCH3 is 1. The molecule has 0 spiro atoms. The van der Waals surface area contributed by atoms with E-state index >= 15 is 0 Å². The fraction of sp³-hybridized carbons (Fsp3) is 0.333. The van der Waals surface area contributed by atoms with Crippen LogP contribution in [0.1, 0.15) is 32.0 Å². The second-order valence-corrected chi connectivity index (χ2v) is 8.89. The predicted molar refractivity (Wildman–Crippen MR) is 121 cm³/mol.